The Morgan fingerprint density at radius 2 is 2.16 bits per heavy atom. The van der Waals surface area contributed by atoms with Gasteiger partial charge in [-0.3, -0.25) is 4.79 Å². The van der Waals surface area contributed by atoms with Crippen LogP contribution in [0.1, 0.15) is 30.2 Å². The lowest BCUT2D eigenvalue weighted by atomic mass is 10.1. The lowest BCUT2D eigenvalue weighted by molar-refractivity contribution is 0.102. The third kappa shape index (κ3) is 2.71. The first-order valence-corrected chi connectivity index (χ1v) is 6.27. The van der Waals surface area contributed by atoms with E-state index in [0.29, 0.717) is 16.4 Å². The van der Waals surface area contributed by atoms with Crippen LogP contribution >= 0.6 is 11.6 Å². The Kier molecular flexibility index (Phi) is 3.76. The SMILES string of the molecule is CC(C)n1nccc1NC(=O)c1cccc(Cl)c1N. The summed E-state index contributed by atoms with van der Waals surface area (Å²) in [6, 6.07) is 6.85. The van der Waals surface area contributed by atoms with Gasteiger partial charge >= 0.3 is 0 Å². The van der Waals surface area contributed by atoms with Crippen molar-refractivity contribution in [1.82, 2.24) is 9.78 Å². The van der Waals surface area contributed by atoms with Crippen molar-refractivity contribution in [3.8, 4) is 0 Å². The summed E-state index contributed by atoms with van der Waals surface area (Å²) < 4.78 is 1.72. The summed E-state index contributed by atoms with van der Waals surface area (Å²) in [5.74, 6) is 0.321. The highest BCUT2D eigenvalue weighted by Gasteiger charge is 2.14. The molecule has 2 rings (SSSR count). The molecule has 0 saturated heterocycles. The number of rotatable bonds is 3. The predicted octanol–water partition coefficient (Wildman–Crippen LogP) is 2.95. The van der Waals surface area contributed by atoms with Crippen LogP contribution < -0.4 is 11.1 Å². The van der Waals surface area contributed by atoms with Gasteiger partial charge in [0, 0.05) is 12.1 Å². The predicted molar refractivity (Wildman–Crippen MR) is 76.4 cm³/mol. The number of hydrogen-bond donors (Lipinski definition) is 2. The normalized spacial score (nSPS) is 10.7. The maximum Gasteiger partial charge on any atom is 0.258 e. The average Bonchev–Trinajstić information content (AvgIpc) is 2.80. The lowest BCUT2D eigenvalue weighted by Gasteiger charge is -2.12. The molecule has 0 unspecified atom stereocenters. The van der Waals surface area contributed by atoms with Crippen molar-refractivity contribution in [2.24, 2.45) is 0 Å². The molecular weight excluding hydrogens is 264 g/mol. The molecule has 0 radical (unpaired) electrons. The first-order chi connectivity index (χ1) is 9.00. The third-order valence-electron chi connectivity index (χ3n) is 2.70. The molecule has 0 bridgehead atoms. The topological polar surface area (TPSA) is 72.9 Å². The highest BCUT2D eigenvalue weighted by atomic mass is 35.5. The van der Waals surface area contributed by atoms with E-state index in [9.17, 15) is 4.79 Å². The minimum Gasteiger partial charge on any atom is -0.397 e. The molecule has 1 aromatic carbocycles. The molecule has 1 aromatic heterocycles. The summed E-state index contributed by atoms with van der Waals surface area (Å²) >= 11 is 5.90. The average molecular weight is 279 g/mol. The lowest BCUT2D eigenvalue weighted by Crippen LogP contribution is -2.18. The van der Waals surface area contributed by atoms with Crippen molar-refractivity contribution in [2.75, 3.05) is 11.1 Å². The van der Waals surface area contributed by atoms with Gasteiger partial charge in [-0.05, 0) is 26.0 Å². The zero-order chi connectivity index (χ0) is 14.0. The molecule has 100 valence electrons. The molecule has 0 aliphatic rings. The summed E-state index contributed by atoms with van der Waals surface area (Å²) in [5, 5.41) is 7.29. The van der Waals surface area contributed by atoms with E-state index < -0.39 is 0 Å². The quantitative estimate of drug-likeness (QED) is 0.848. The van der Waals surface area contributed by atoms with Crippen molar-refractivity contribution in [3.05, 3.63) is 41.0 Å². The molecule has 5 nitrogen and oxygen atoms in total. The number of nitrogens with zero attached hydrogens (tertiary/aromatic N) is 2. The van der Waals surface area contributed by atoms with Crippen LogP contribution in [0.5, 0.6) is 0 Å². The Balaban J connectivity index is 2.26. The fraction of sp³-hybridized carbons (Fsp3) is 0.231. The zero-order valence-electron chi connectivity index (χ0n) is 10.7. The highest BCUT2D eigenvalue weighted by molar-refractivity contribution is 6.34. The van der Waals surface area contributed by atoms with Gasteiger partial charge in [0.2, 0.25) is 0 Å². The number of amides is 1. The van der Waals surface area contributed by atoms with Gasteiger partial charge in [0.1, 0.15) is 5.82 Å². The van der Waals surface area contributed by atoms with Crippen molar-refractivity contribution in [2.45, 2.75) is 19.9 Å². The Bertz CT molecular complexity index is 606. The molecule has 0 saturated carbocycles. The third-order valence-corrected chi connectivity index (χ3v) is 3.03. The molecule has 1 amide bonds. The van der Waals surface area contributed by atoms with Crippen LogP contribution in [0.2, 0.25) is 5.02 Å². The smallest absolute Gasteiger partial charge is 0.258 e. The number of nitrogen functional groups attached to an aromatic ring is 1. The summed E-state index contributed by atoms with van der Waals surface area (Å²) in [6.45, 7) is 3.97. The molecule has 3 N–H and O–H groups in total. The van der Waals surface area contributed by atoms with Crippen molar-refractivity contribution in [1.29, 1.82) is 0 Å². The number of benzene rings is 1. The molecule has 6 heteroatoms. The minimum atomic E-state index is -0.303. The Morgan fingerprint density at radius 3 is 2.84 bits per heavy atom. The maximum absolute atomic E-state index is 12.2. The van der Waals surface area contributed by atoms with E-state index in [4.69, 9.17) is 17.3 Å². The van der Waals surface area contributed by atoms with Gasteiger partial charge < -0.3 is 11.1 Å². The maximum atomic E-state index is 12.2. The number of nitrogens with one attached hydrogen (secondary N) is 1. The number of carbonyl (C=O) groups excluding carboxylic acids is 1. The van der Waals surface area contributed by atoms with E-state index in [2.05, 4.69) is 10.4 Å². The van der Waals surface area contributed by atoms with E-state index in [0.717, 1.165) is 0 Å². The van der Waals surface area contributed by atoms with Crippen molar-refractivity contribution < 1.29 is 4.79 Å². The molecule has 1 heterocycles. The molecule has 0 atom stereocenters. The first-order valence-electron chi connectivity index (χ1n) is 5.89. The second-order valence-electron chi connectivity index (χ2n) is 4.41. The van der Waals surface area contributed by atoms with Crippen LogP contribution in [0.3, 0.4) is 0 Å². The molecule has 0 aliphatic heterocycles. The molecule has 0 fully saturated rings. The van der Waals surface area contributed by atoms with Gasteiger partial charge in [-0.25, -0.2) is 4.68 Å². The summed E-state index contributed by atoms with van der Waals surface area (Å²) in [7, 11) is 0. The van der Waals surface area contributed by atoms with Gasteiger partial charge in [0.25, 0.3) is 5.91 Å². The summed E-state index contributed by atoms with van der Waals surface area (Å²) in [6.07, 6.45) is 1.64. The standard InChI is InChI=1S/C13H15ClN4O/c1-8(2)18-11(6-7-16-18)17-13(19)9-4-3-5-10(14)12(9)15/h3-8H,15H2,1-2H3,(H,17,19). The largest absolute Gasteiger partial charge is 0.397 e. The molecule has 0 aliphatic carbocycles. The fourth-order valence-corrected chi connectivity index (χ4v) is 1.92. The molecular formula is C13H15ClN4O. The van der Waals surface area contributed by atoms with Crippen LogP contribution in [-0.2, 0) is 0 Å². The van der Waals surface area contributed by atoms with Gasteiger partial charge in [-0.2, -0.15) is 5.10 Å². The number of hydrogen-bond acceptors (Lipinski definition) is 3. The van der Waals surface area contributed by atoms with Gasteiger partial charge in [0.05, 0.1) is 22.5 Å². The van der Waals surface area contributed by atoms with E-state index in [1.165, 1.54) is 0 Å². The zero-order valence-corrected chi connectivity index (χ0v) is 11.5. The number of carbonyl (C=O) groups is 1. The van der Waals surface area contributed by atoms with E-state index >= 15 is 0 Å². The first kappa shape index (κ1) is 13.4. The summed E-state index contributed by atoms with van der Waals surface area (Å²) in [4.78, 5) is 12.2. The molecule has 19 heavy (non-hydrogen) atoms. The number of nitrogens with two attached hydrogens (primary N) is 1. The number of anilines is 2. The van der Waals surface area contributed by atoms with E-state index in [-0.39, 0.29) is 17.6 Å². The minimum absolute atomic E-state index is 0.155. The number of halogens is 1. The van der Waals surface area contributed by atoms with Gasteiger partial charge in [-0.15, -0.1) is 0 Å². The van der Waals surface area contributed by atoms with E-state index in [1.807, 2.05) is 13.8 Å². The van der Waals surface area contributed by atoms with Crippen LogP contribution in [-0.4, -0.2) is 15.7 Å². The Labute approximate surface area is 116 Å². The van der Waals surface area contributed by atoms with Crippen LogP contribution in [0.4, 0.5) is 11.5 Å². The van der Waals surface area contributed by atoms with E-state index in [1.54, 1.807) is 35.1 Å². The highest BCUT2D eigenvalue weighted by Crippen LogP contribution is 2.23. The van der Waals surface area contributed by atoms with Crippen molar-refractivity contribution in [3.63, 3.8) is 0 Å². The van der Waals surface area contributed by atoms with Crippen molar-refractivity contribution >= 4 is 29.0 Å². The molecule has 2 aromatic rings. The molecule has 0 spiro atoms. The van der Waals surface area contributed by atoms with Crippen LogP contribution in [0.25, 0.3) is 0 Å². The van der Waals surface area contributed by atoms with Crippen LogP contribution in [0.15, 0.2) is 30.5 Å². The summed E-state index contributed by atoms with van der Waals surface area (Å²) in [5.41, 5.74) is 6.42. The monoisotopic (exact) mass is 278 g/mol. The van der Waals surface area contributed by atoms with Crippen LogP contribution in [0, 0.1) is 0 Å². The second-order valence-corrected chi connectivity index (χ2v) is 4.82. The van der Waals surface area contributed by atoms with Gasteiger partial charge in [0.15, 0.2) is 0 Å². The van der Waals surface area contributed by atoms with Gasteiger partial charge in [-0.1, -0.05) is 17.7 Å². The number of para-hydroxylation sites is 1. The second kappa shape index (κ2) is 5.32. The fourth-order valence-electron chi connectivity index (χ4n) is 1.74. The number of aromatic nitrogens is 2. The Morgan fingerprint density at radius 1 is 1.42 bits per heavy atom. The Hall–Kier alpha value is -2.01.